The highest BCUT2D eigenvalue weighted by atomic mass is 32.1. The third kappa shape index (κ3) is 3.17. The zero-order chi connectivity index (χ0) is 14.5. The molecule has 1 aromatic heterocycles. The first-order valence-corrected chi connectivity index (χ1v) is 7.60. The van der Waals surface area contributed by atoms with Gasteiger partial charge in [-0.3, -0.25) is 10.1 Å². The molecular formula is C15H18N2O2S. The van der Waals surface area contributed by atoms with E-state index in [1.807, 2.05) is 30.5 Å². The molecule has 0 fully saturated rings. The lowest BCUT2D eigenvalue weighted by Gasteiger charge is -2.17. The maximum Gasteiger partial charge on any atom is 0.274 e. The van der Waals surface area contributed by atoms with Crippen molar-refractivity contribution >= 4 is 22.7 Å². The van der Waals surface area contributed by atoms with E-state index in [0.717, 1.165) is 17.7 Å². The fourth-order valence-electron chi connectivity index (χ4n) is 2.19. The number of anilines is 1. The molecule has 0 aliphatic rings. The maximum atomic E-state index is 11.1. The number of rotatable bonds is 6. The van der Waals surface area contributed by atoms with Gasteiger partial charge in [-0.05, 0) is 30.4 Å². The van der Waals surface area contributed by atoms with Crippen LogP contribution in [-0.2, 0) is 6.42 Å². The van der Waals surface area contributed by atoms with Gasteiger partial charge >= 0.3 is 0 Å². The van der Waals surface area contributed by atoms with E-state index in [-0.39, 0.29) is 16.7 Å². The lowest BCUT2D eigenvalue weighted by atomic mass is 10.1. The van der Waals surface area contributed by atoms with Crippen LogP contribution in [0.2, 0.25) is 0 Å². The van der Waals surface area contributed by atoms with Crippen LogP contribution in [0.15, 0.2) is 35.7 Å². The van der Waals surface area contributed by atoms with E-state index in [1.54, 1.807) is 17.4 Å². The Morgan fingerprint density at radius 2 is 2.15 bits per heavy atom. The number of benzene rings is 1. The molecule has 0 aliphatic heterocycles. The minimum Gasteiger partial charge on any atom is -0.377 e. The summed E-state index contributed by atoms with van der Waals surface area (Å²) < 4.78 is 0. The van der Waals surface area contributed by atoms with Crippen molar-refractivity contribution in [3.05, 3.63) is 56.3 Å². The average molecular weight is 290 g/mol. The predicted octanol–water partition coefficient (Wildman–Crippen LogP) is 4.78. The smallest absolute Gasteiger partial charge is 0.274 e. The van der Waals surface area contributed by atoms with Crippen LogP contribution in [0, 0.1) is 10.1 Å². The number of aryl methyl sites for hydroxylation is 1. The first kappa shape index (κ1) is 14.5. The van der Waals surface area contributed by atoms with Crippen LogP contribution in [0.1, 0.15) is 36.8 Å². The fourth-order valence-corrected chi connectivity index (χ4v) is 3.05. The van der Waals surface area contributed by atoms with E-state index < -0.39 is 0 Å². The van der Waals surface area contributed by atoms with Crippen LogP contribution in [0.5, 0.6) is 0 Å². The topological polar surface area (TPSA) is 55.2 Å². The third-order valence-corrected chi connectivity index (χ3v) is 4.28. The Labute approximate surface area is 122 Å². The first-order valence-electron chi connectivity index (χ1n) is 6.73. The molecule has 2 aromatic rings. The summed E-state index contributed by atoms with van der Waals surface area (Å²) in [5, 5.41) is 16.5. The Balaban J connectivity index is 2.25. The second-order valence-electron chi connectivity index (χ2n) is 4.57. The van der Waals surface area contributed by atoms with Gasteiger partial charge in [0.05, 0.1) is 11.0 Å². The number of nitrogens with one attached hydrogen (secondary N) is 1. The summed E-state index contributed by atoms with van der Waals surface area (Å²) in [6, 6.07) is 9.69. The highest BCUT2D eigenvalue weighted by Crippen LogP contribution is 2.29. The van der Waals surface area contributed by atoms with Crippen LogP contribution in [-0.4, -0.2) is 4.92 Å². The molecule has 5 heteroatoms. The number of hydrogen-bond donors (Lipinski definition) is 1. The van der Waals surface area contributed by atoms with Gasteiger partial charge in [0.15, 0.2) is 0 Å². The van der Waals surface area contributed by atoms with E-state index in [9.17, 15) is 10.1 Å². The zero-order valence-corrected chi connectivity index (χ0v) is 12.4. The van der Waals surface area contributed by atoms with Gasteiger partial charge in [-0.15, -0.1) is 11.3 Å². The summed E-state index contributed by atoms with van der Waals surface area (Å²) in [7, 11) is 0. The molecule has 0 amide bonds. The molecule has 0 spiro atoms. The van der Waals surface area contributed by atoms with E-state index in [2.05, 4.69) is 18.3 Å². The third-order valence-electron chi connectivity index (χ3n) is 3.30. The van der Waals surface area contributed by atoms with Crippen LogP contribution in [0.3, 0.4) is 0 Å². The monoisotopic (exact) mass is 290 g/mol. The van der Waals surface area contributed by atoms with E-state index in [0.29, 0.717) is 6.42 Å². The molecule has 4 nitrogen and oxygen atoms in total. The van der Waals surface area contributed by atoms with Crippen LogP contribution >= 0.6 is 11.3 Å². The van der Waals surface area contributed by atoms with Gasteiger partial charge in [-0.1, -0.05) is 26.0 Å². The van der Waals surface area contributed by atoms with Crippen LogP contribution < -0.4 is 5.32 Å². The minimum absolute atomic E-state index is 0.193. The summed E-state index contributed by atoms with van der Waals surface area (Å²) in [6.45, 7) is 4.03. The number of hydrogen-bond acceptors (Lipinski definition) is 4. The quantitative estimate of drug-likeness (QED) is 0.615. The molecule has 1 unspecified atom stereocenters. The summed E-state index contributed by atoms with van der Waals surface area (Å²) in [5.74, 6) is 0. The highest BCUT2D eigenvalue weighted by molar-refractivity contribution is 7.10. The van der Waals surface area contributed by atoms with Gasteiger partial charge in [0, 0.05) is 22.2 Å². The van der Waals surface area contributed by atoms with Crippen molar-refractivity contribution in [3.63, 3.8) is 0 Å². The number of thiophene rings is 1. The van der Waals surface area contributed by atoms with Gasteiger partial charge in [-0.2, -0.15) is 0 Å². The molecule has 0 aliphatic carbocycles. The molecule has 1 heterocycles. The van der Waals surface area contributed by atoms with Crippen molar-refractivity contribution in [2.24, 2.45) is 0 Å². The Morgan fingerprint density at radius 3 is 2.70 bits per heavy atom. The molecule has 1 N–H and O–H groups in total. The van der Waals surface area contributed by atoms with E-state index in [1.165, 1.54) is 4.88 Å². The molecule has 2 rings (SSSR count). The predicted molar refractivity (Wildman–Crippen MR) is 83.4 cm³/mol. The number of nitro groups is 1. The Morgan fingerprint density at radius 1 is 1.35 bits per heavy atom. The summed E-state index contributed by atoms with van der Waals surface area (Å²) >= 11 is 1.70. The molecule has 20 heavy (non-hydrogen) atoms. The molecule has 106 valence electrons. The molecule has 1 atom stereocenters. The first-order chi connectivity index (χ1) is 9.65. The van der Waals surface area contributed by atoms with Crippen LogP contribution in [0.25, 0.3) is 0 Å². The Kier molecular flexibility index (Phi) is 4.74. The summed E-state index contributed by atoms with van der Waals surface area (Å²) in [5.41, 5.74) is 1.76. The largest absolute Gasteiger partial charge is 0.377 e. The number of nitro benzene ring substituents is 1. The minimum atomic E-state index is -0.309. The van der Waals surface area contributed by atoms with Crippen molar-refractivity contribution in [2.75, 3.05) is 5.32 Å². The lowest BCUT2D eigenvalue weighted by molar-refractivity contribution is -0.385. The second-order valence-corrected chi connectivity index (χ2v) is 5.55. The summed E-state index contributed by atoms with van der Waals surface area (Å²) in [4.78, 5) is 12.0. The zero-order valence-electron chi connectivity index (χ0n) is 11.6. The molecular weight excluding hydrogens is 272 g/mol. The van der Waals surface area contributed by atoms with Gasteiger partial charge < -0.3 is 5.32 Å². The number of nitrogens with zero attached hydrogens (tertiary/aromatic N) is 1. The Bertz CT molecular complexity index is 582. The SMILES string of the molecule is CCc1ccc(NC(CC)c2cccs2)cc1[N+](=O)[O-]. The van der Waals surface area contributed by atoms with Crippen molar-refractivity contribution in [1.82, 2.24) is 0 Å². The highest BCUT2D eigenvalue weighted by Gasteiger charge is 2.15. The molecule has 0 bridgehead atoms. The second kappa shape index (κ2) is 6.52. The standard InChI is InChI=1S/C15H18N2O2S/c1-3-11-7-8-12(10-14(11)17(18)19)16-13(4-2)15-6-5-9-20-15/h5-10,13,16H,3-4H2,1-2H3. The van der Waals surface area contributed by atoms with Gasteiger partial charge in [0.1, 0.15) is 0 Å². The molecule has 0 saturated heterocycles. The molecule has 0 saturated carbocycles. The van der Waals surface area contributed by atoms with Crippen LogP contribution in [0.4, 0.5) is 11.4 Å². The summed E-state index contributed by atoms with van der Waals surface area (Å²) in [6.07, 6.45) is 1.60. The Hall–Kier alpha value is -1.88. The lowest BCUT2D eigenvalue weighted by Crippen LogP contribution is -2.08. The molecule has 0 radical (unpaired) electrons. The van der Waals surface area contributed by atoms with Gasteiger partial charge in [-0.25, -0.2) is 0 Å². The van der Waals surface area contributed by atoms with Crippen molar-refractivity contribution in [1.29, 1.82) is 0 Å². The fraction of sp³-hybridized carbons (Fsp3) is 0.333. The maximum absolute atomic E-state index is 11.1. The molecule has 1 aromatic carbocycles. The average Bonchev–Trinajstić information content (AvgIpc) is 2.98. The van der Waals surface area contributed by atoms with Crippen molar-refractivity contribution < 1.29 is 4.92 Å². The van der Waals surface area contributed by atoms with Crippen molar-refractivity contribution in [2.45, 2.75) is 32.7 Å². The normalized spacial score (nSPS) is 12.1. The van der Waals surface area contributed by atoms with E-state index in [4.69, 9.17) is 0 Å². The van der Waals surface area contributed by atoms with Crippen molar-refractivity contribution in [3.8, 4) is 0 Å². The van der Waals surface area contributed by atoms with E-state index >= 15 is 0 Å². The van der Waals surface area contributed by atoms with Gasteiger partial charge in [0.2, 0.25) is 0 Å². The van der Waals surface area contributed by atoms with Gasteiger partial charge in [0.25, 0.3) is 5.69 Å².